The lowest BCUT2D eigenvalue weighted by atomic mass is 10.1. The smallest absolute Gasteiger partial charge is 0.118 e. The number of methoxy groups -OCH3 is 1. The van der Waals surface area contributed by atoms with E-state index in [1.165, 1.54) is 9.79 Å². The van der Waals surface area contributed by atoms with Gasteiger partial charge in [-0.3, -0.25) is 0 Å². The summed E-state index contributed by atoms with van der Waals surface area (Å²) < 4.78 is 6.21. The van der Waals surface area contributed by atoms with Crippen LogP contribution in [0.25, 0.3) is 0 Å². The van der Waals surface area contributed by atoms with Crippen molar-refractivity contribution in [3.63, 3.8) is 0 Å². The first-order valence-electron chi connectivity index (χ1n) is 5.97. The Bertz CT molecular complexity index is 555. The Morgan fingerprint density at radius 1 is 1.11 bits per heavy atom. The first-order chi connectivity index (χ1) is 9.10. The highest BCUT2D eigenvalue weighted by molar-refractivity contribution is 9.10. The molecule has 4 heteroatoms. The van der Waals surface area contributed by atoms with Crippen LogP contribution in [0.5, 0.6) is 5.75 Å². The van der Waals surface area contributed by atoms with Crippen molar-refractivity contribution in [2.24, 2.45) is 5.73 Å². The Kier molecular flexibility index (Phi) is 4.91. The van der Waals surface area contributed by atoms with Crippen molar-refractivity contribution in [3.8, 4) is 5.75 Å². The van der Waals surface area contributed by atoms with Crippen molar-refractivity contribution in [3.05, 3.63) is 52.5 Å². The standard InChI is InChI=1S/C15H16BrNOS/c1-10(17)14-8-7-13(9-15(14)16)19-12-5-3-11(18-2)4-6-12/h3-10H,17H2,1-2H3/t10-/m0/s1. The normalized spacial score (nSPS) is 12.2. The van der Waals surface area contributed by atoms with E-state index in [1.54, 1.807) is 18.9 Å². The third-order valence-electron chi connectivity index (χ3n) is 2.76. The summed E-state index contributed by atoms with van der Waals surface area (Å²) >= 11 is 5.29. The molecule has 0 heterocycles. The first-order valence-corrected chi connectivity index (χ1v) is 7.58. The zero-order chi connectivity index (χ0) is 13.8. The van der Waals surface area contributed by atoms with Crippen LogP contribution in [0.4, 0.5) is 0 Å². The lowest BCUT2D eigenvalue weighted by Gasteiger charge is -2.10. The molecule has 2 aromatic rings. The third kappa shape index (κ3) is 3.75. The highest BCUT2D eigenvalue weighted by Crippen LogP contribution is 2.33. The van der Waals surface area contributed by atoms with Crippen LogP contribution >= 0.6 is 27.7 Å². The first kappa shape index (κ1) is 14.4. The van der Waals surface area contributed by atoms with Gasteiger partial charge in [0.25, 0.3) is 0 Å². The van der Waals surface area contributed by atoms with Crippen molar-refractivity contribution in [2.75, 3.05) is 7.11 Å². The zero-order valence-electron chi connectivity index (χ0n) is 10.9. The van der Waals surface area contributed by atoms with Gasteiger partial charge in [-0.2, -0.15) is 0 Å². The number of hydrogen-bond acceptors (Lipinski definition) is 3. The molecule has 0 aromatic heterocycles. The maximum Gasteiger partial charge on any atom is 0.118 e. The third-order valence-corrected chi connectivity index (χ3v) is 4.44. The molecular weight excluding hydrogens is 322 g/mol. The molecule has 2 aromatic carbocycles. The summed E-state index contributed by atoms with van der Waals surface area (Å²) in [4.78, 5) is 2.36. The SMILES string of the molecule is COc1ccc(Sc2ccc([C@H](C)N)c(Br)c2)cc1. The van der Waals surface area contributed by atoms with E-state index in [0.29, 0.717) is 0 Å². The van der Waals surface area contributed by atoms with Gasteiger partial charge in [0.2, 0.25) is 0 Å². The highest BCUT2D eigenvalue weighted by Gasteiger charge is 2.06. The van der Waals surface area contributed by atoms with Gasteiger partial charge in [0.15, 0.2) is 0 Å². The molecule has 0 spiro atoms. The molecule has 0 unspecified atom stereocenters. The molecule has 0 fully saturated rings. The molecule has 1 atom stereocenters. The molecule has 0 bridgehead atoms. The van der Waals surface area contributed by atoms with Gasteiger partial charge in [-0.25, -0.2) is 0 Å². The van der Waals surface area contributed by atoms with Gasteiger partial charge in [-0.15, -0.1) is 0 Å². The van der Waals surface area contributed by atoms with Crippen molar-refractivity contribution in [1.82, 2.24) is 0 Å². The van der Waals surface area contributed by atoms with Crippen LogP contribution in [0.15, 0.2) is 56.7 Å². The van der Waals surface area contributed by atoms with Gasteiger partial charge in [0, 0.05) is 20.3 Å². The maximum atomic E-state index is 5.90. The molecule has 19 heavy (non-hydrogen) atoms. The molecule has 0 saturated heterocycles. The molecule has 0 aliphatic carbocycles. The second-order valence-electron chi connectivity index (χ2n) is 4.25. The quantitative estimate of drug-likeness (QED) is 0.883. The van der Waals surface area contributed by atoms with E-state index in [2.05, 4.69) is 46.3 Å². The zero-order valence-corrected chi connectivity index (χ0v) is 13.3. The van der Waals surface area contributed by atoms with Crippen LogP contribution in [0.3, 0.4) is 0 Å². The molecule has 0 radical (unpaired) electrons. The minimum atomic E-state index is 0.0365. The number of benzene rings is 2. The average Bonchev–Trinajstić information content (AvgIpc) is 2.39. The van der Waals surface area contributed by atoms with Gasteiger partial charge in [0.1, 0.15) is 5.75 Å². The number of halogens is 1. The van der Waals surface area contributed by atoms with E-state index in [1.807, 2.05) is 19.1 Å². The van der Waals surface area contributed by atoms with E-state index in [9.17, 15) is 0 Å². The molecule has 0 saturated carbocycles. The fourth-order valence-electron chi connectivity index (χ4n) is 1.72. The fourth-order valence-corrected chi connectivity index (χ4v) is 3.47. The Morgan fingerprint density at radius 3 is 2.26 bits per heavy atom. The monoisotopic (exact) mass is 337 g/mol. The Labute approximate surface area is 126 Å². The molecule has 0 aliphatic rings. The van der Waals surface area contributed by atoms with Gasteiger partial charge < -0.3 is 10.5 Å². The summed E-state index contributed by atoms with van der Waals surface area (Å²) in [7, 11) is 1.67. The minimum absolute atomic E-state index is 0.0365. The van der Waals surface area contributed by atoms with Gasteiger partial charge in [-0.05, 0) is 48.9 Å². The molecule has 0 amide bonds. The number of nitrogens with two attached hydrogens (primary N) is 1. The van der Waals surface area contributed by atoms with Crippen molar-refractivity contribution in [1.29, 1.82) is 0 Å². The molecule has 100 valence electrons. The van der Waals surface area contributed by atoms with Crippen LogP contribution in [-0.4, -0.2) is 7.11 Å². The van der Waals surface area contributed by atoms with Crippen LogP contribution in [0.1, 0.15) is 18.5 Å². The Balaban J connectivity index is 2.16. The van der Waals surface area contributed by atoms with E-state index in [-0.39, 0.29) is 6.04 Å². The summed E-state index contributed by atoms with van der Waals surface area (Å²) in [6.07, 6.45) is 0. The van der Waals surface area contributed by atoms with Gasteiger partial charge in [0.05, 0.1) is 7.11 Å². The van der Waals surface area contributed by atoms with Crippen LogP contribution in [0.2, 0.25) is 0 Å². The second kappa shape index (κ2) is 6.46. The Hall–Kier alpha value is -0.970. The second-order valence-corrected chi connectivity index (χ2v) is 6.25. The Morgan fingerprint density at radius 2 is 1.74 bits per heavy atom. The summed E-state index contributed by atoms with van der Waals surface area (Å²) in [5.74, 6) is 0.873. The topological polar surface area (TPSA) is 35.2 Å². The van der Waals surface area contributed by atoms with Crippen LogP contribution < -0.4 is 10.5 Å². The largest absolute Gasteiger partial charge is 0.497 e. The number of rotatable bonds is 4. The molecule has 0 aliphatic heterocycles. The van der Waals surface area contributed by atoms with E-state index in [4.69, 9.17) is 10.5 Å². The average molecular weight is 338 g/mol. The number of hydrogen-bond donors (Lipinski definition) is 1. The summed E-state index contributed by atoms with van der Waals surface area (Å²) in [5.41, 5.74) is 7.02. The molecular formula is C15H16BrNOS. The number of ether oxygens (including phenoxy) is 1. The predicted molar refractivity (Wildman–Crippen MR) is 83.9 cm³/mol. The summed E-state index contributed by atoms with van der Waals surface area (Å²) in [6, 6.07) is 14.3. The predicted octanol–water partition coefficient (Wildman–Crippen LogP) is 4.63. The molecule has 2 nitrogen and oxygen atoms in total. The lowest BCUT2D eigenvalue weighted by molar-refractivity contribution is 0.414. The van der Waals surface area contributed by atoms with Crippen LogP contribution in [-0.2, 0) is 0 Å². The maximum absolute atomic E-state index is 5.90. The van der Waals surface area contributed by atoms with E-state index in [0.717, 1.165) is 15.8 Å². The van der Waals surface area contributed by atoms with Crippen molar-refractivity contribution < 1.29 is 4.74 Å². The lowest BCUT2D eigenvalue weighted by Crippen LogP contribution is -2.05. The minimum Gasteiger partial charge on any atom is -0.497 e. The highest BCUT2D eigenvalue weighted by atomic mass is 79.9. The van der Waals surface area contributed by atoms with E-state index >= 15 is 0 Å². The van der Waals surface area contributed by atoms with E-state index < -0.39 is 0 Å². The molecule has 2 N–H and O–H groups in total. The van der Waals surface area contributed by atoms with Gasteiger partial charge >= 0.3 is 0 Å². The summed E-state index contributed by atoms with van der Waals surface area (Å²) in [5, 5.41) is 0. The summed E-state index contributed by atoms with van der Waals surface area (Å²) in [6.45, 7) is 1.98. The fraction of sp³-hybridized carbons (Fsp3) is 0.200. The van der Waals surface area contributed by atoms with Gasteiger partial charge in [-0.1, -0.05) is 33.8 Å². The van der Waals surface area contributed by atoms with Crippen molar-refractivity contribution in [2.45, 2.75) is 22.8 Å². The molecule has 2 rings (SSSR count). The van der Waals surface area contributed by atoms with Crippen molar-refractivity contribution >= 4 is 27.7 Å². The van der Waals surface area contributed by atoms with Crippen LogP contribution in [0, 0.1) is 0 Å².